The highest BCUT2D eigenvalue weighted by Gasteiger charge is 2.28. The molecule has 0 spiro atoms. The van der Waals surface area contributed by atoms with Crippen molar-refractivity contribution in [2.24, 2.45) is 7.05 Å². The molecular formula is C13H22N4O2. The van der Waals surface area contributed by atoms with E-state index in [1.54, 1.807) is 11.6 Å². The summed E-state index contributed by atoms with van der Waals surface area (Å²) in [6.07, 6.45) is 2.10. The maximum absolute atomic E-state index is 11.4. The highest BCUT2D eigenvalue weighted by atomic mass is 16.4. The number of carbonyl (C=O) groups is 1. The number of nitrogens with zero attached hydrogens (tertiary/aromatic N) is 4. The molecule has 0 atom stereocenters. The molecule has 2 rings (SSSR count). The third-order valence-electron chi connectivity index (χ3n) is 3.90. The van der Waals surface area contributed by atoms with Crippen molar-refractivity contribution < 1.29 is 9.90 Å². The molecule has 1 aromatic rings. The summed E-state index contributed by atoms with van der Waals surface area (Å²) in [5, 5.41) is 13.6. The molecule has 0 aromatic carbocycles. The van der Waals surface area contributed by atoms with Crippen LogP contribution in [-0.2, 0) is 7.05 Å². The first-order valence-electron chi connectivity index (χ1n) is 6.60. The van der Waals surface area contributed by atoms with Crippen molar-refractivity contribution in [1.29, 1.82) is 0 Å². The Balaban J connectivity index is 2.22. The zero-order chi connectivity index (χ0) is 14.2. The molecule has 0 amide bonds. The van der Waals surface area contributed by atoms with E-state index in [-0.39, 0.29) is 0 Å². The number of aromatic carboxylic acids is 1. The average molecular weight is 266 g/mol. The standard InChI is InChI=1S/C13H22N4O2/c1-9-11(13(18)19)12(16(4)14-9)17-7-5-10(6-8-17)15(2)3/h10H,5-8H2,1-4H3,(H,18,19). The lowest BCUT2D eigenvalue weighted by Crippen LogP contribution is -2.43. The summed E-state index contributed by atoms with van der Waals surface area (Å²) in [4.78, 5) is 15.8. The topological polar surface area (TPSA) is 61.6 Å². The molecule has 2 heterocycles. The largest absolute Gasteiger partial charge is 0.477 e. The number of aromatic nitrogens is 2. The molecule has 1 fully saturated rings. The van der Waals surface area contributed by atoms with Gasteiger partial charge in [0.2, 0.25) is 0 Å². The summed E-state index contributed by atoms with van der Waals surface area (Å²) >= 11 is 0. The second kappa shape index (κ2) is 5.21. The SMILES string of the molecule is Cc1nn(C)c(N2CCC(N(C)C)CC2)c1C(=O)O. The molecule has 0 radical (unpaired) electrons. The molecule has 1 saturated heterocycles. The highest BCUT2D eigenvalue weighted by Crippen LogP contribution is 2.27. The van der Waals surface area contributed by atoms with Gasteiger partial charge in [-0.15, -0.1) is 0 Å². The van der Waals surface area contributed by atoms with Crippen LogP contribution in [0.15, 0.2) is 0 Å². The van der Waals surface area contributed by atoms with Gasteiger partial charge in [0.25, 0.3) is 0 Å². The van der Waals surface area contributed by atoms with Crippen LogP contribution in [0.5, 0.6) is 0 Å². The van der Waals surface area contributed by atoms with Gasteiger partial charge in [-0.3, -0.25) is 4.68 Å². The van der Waals surface area contributed by atoms with E-state index in [2.05, 4.69) is 29.0 Å². The van der Waals surface area contributed by atoms with Crippen LogP contribution in [0.25, 0.3) is 0 Å². The molecule has 6 nitrogen and oxygen atoms in total. The fourth-order valence-corrected chi connectivity index (χ4v) is 2.85. The molecule has 1 aliphatic heterocycles. The predicted octanol–water partition coefficient (Wildman–Crippen LogP) is 0.957. The number of anilines is 1. The Morgan fingerprint density at radius 2 is 1.95 bits per heavy atom. The monoisotopic (exact) mass is 266 g/mol. The van der Waals surface area contributed by atoms with E-state index in [0.29, 0.717) is 17.3 Å². The quantitative estimate of drug-likeness (QED) is 0.883. The number of aryl methyl sites for hydroxylation is 2. The first kappa shape index (κ1) is 13.9. The van der Waals surface area contributed by atoms with Gasteiger partial charge in [-0.05, 0) is 33.9 Å². The molecule has 0 saturated carbocycles. The minimum absolute atomic E-state index is 0.339. The van der Waals surface area contributed by atoms with Gasteiger partial charge in [0.15, 0.2) is 0 Å². The number of hydrogen-bond donors (Lipinski definition) is 1. The van der Waals surface area contributed by atoms with Crippen molar-refractivity contribution in [1.82, 2.24) is 14.7 Å². The number of carboxylic acids is 1. The van der Waals surface area contributed by atoms with Crippen LogP contribution in [0.3, 0.4) is 0 Å². The lowest BCUT2D eigenvalue weighted by Gasteiger charge is -2.36. The van der Waals surface area contributed by atoms with Gasteiger partial charge in [0.1, 0.15) is 11.4 Å². The van der Waals surface area contributed by atoms with Crippen molar-refractivity contribution in [3.8, 4) is 0 Å². The van der Waals surface area contributed by atoms with E-state index in [1.807, 2.05) is 7.05 Å². The summed E-state index contributed by atoms with van der Waals surface area (Å²) in [5.41, 5.74) is 0.922. The van der Waals surface area contributed by atoms with Crippen molar-refractivity contribution in [3.05, 3.63) is 11.3 Å². The van der Waals surface area contributed by atoms with Crippen LogP contribution in [0.4, 0.5) is 5.82 Å². The first-order chi connectivity index (χ1) is 8.91. The lowest BCUT2D eigenvalue weighted by atomic mass is 10.0. The lowest BCUT2D eigenvalue weighted by molar-refractivity contribution is 0.0696. The summed E-state index contributed by atoms with van der Waals surface area (Å²) < 4.78 is 1.69. The minimum Gasteiger partial charge on any atom is -0.477 e. The van der Waals surface area contributed by atoms with Crippen molar-refractivity contribution >= 4 is 11.8 Å². The normalized spacial score (nSPS) is 17.2. The Morgan fingerprint density at radius 1 is 1.37 bits per heavy atom. The minimum atomic E-state index is -0.893. The molecule has 1 aromatic heterocycles. The van der Waals surface area contributed by atoms with Gasteiger partial charge in [-0.25, -0.2) is 4.79 Å². The Labute approximate surface area is 113 Å². The summed E-state index contributed by atoms with van der Waals surface area (Å²) in [6.45, 7) is 3.50. The second-order valence-electron chi connectivity index (χ2n) is 5.39. The molecule has 0 bridgehead atoms. The molecule has 0 aliphatic carbocycles. The Bertz CT molecular complexity index is 473. The van der Waals surface area contributed by atoms with E-state index >= 15 is 0 Å². The van der Waals surface area contributed by atoms with Crippen LogP contribution in [0.1, 0.15) is 28.9 Å². The average Bonchev–Trinajstić information content (AvgIpc) is 2.64. The second-order valence-corrected chi connectivity index (χ2v) is 5.39. The predicted molar refractivity (Wildman–Crippen MR) is 73.8 cm³/mol. The van der Waals surface area contributed by atoms with E-state index in [4.69, 9.17) is 0 Å². The Hall–Kier alpha value is -1.56. The van der Waals surface area contributed by atoms with E-state index in [0.717, 1.165) is 31.7 Å². The summed E-state index contributed by atoms with van der Waals surface area (Å²) in [5.74, 6) is -0.155. The maximum Gasteiger partial charge on any atom is 0.341 e. The number of rotatable bonds is 3. The fraction of sp³-hybridized carbons (Fsp3) is 0.692. The van der Waals surface area contributed by atoms with Gasteiger partial charge in [0, 0.05) is 26.2 Å². The van der Waals surface area contributed by atoms with E-state index in [1.165, 1.54) is 0 Å². The molecule has 106 valence electrons. The molecular weight excluding hydrogens is 244 g/mol. The van der Waals surface area contributed by atoms with Crippen LogP contribution in [-0.4, -0.2) is 59.0 Å². The molecule has 19 heavy (non-hydrogen) atoms. The van der Waals surface area contributed by atoms with Crippen LogP contribution in [0.2, 0.25) is 0 Å². The molecule has 6 heteroatoms. The van der Waals surface area contributed by atoms with Gasteiger partial charge in [-0.2, -0.15) is 5.10 Å². The fourth-order valence-electron chi connectivity index (χ4n) is 2.85. The number of hydrogen-bond acceptors (Lipinski definition) is 4. The van der Waals surface area contributed by atoms with Crippen molar-refractivity contribution in [2.75, 3.05) is 32.1 Å². The smallest absolute Gasteiger partial charge is 0.341 e. The van der Waals surface area contributed by atoms with E-state index < -0.39 is 5.97 Å². The van der Waals surface area contributed by atoms with E-state index in [9.17, 15) is 9.90 Å². The van der Waals surface area contributed by atoms with Gasteiger partial charge in [-0.1, -0.05) is 0 Å². The number of carboxylic acid groups (broad SMARTS) is 1. The van der Waals surface area contributed by atoms with Crippen molar-refractivity contribution in [2.45, 2.75) is 25.8 Å². The third kappa shape index (κ3) is 2.58. The zero-order valence-corrected chi connectivity index (χ0v) is 12.1. The van der Waals surface area contributed by atoms with Gasteiger partial charge < -0.3 is 14.9 Å². The van der Waals surface area contributed by atoms with Gasteiger partial charge >= 0.3 is 5.97 Å². The van der Waals surface area contributed by atoms with Crippen LogP contribution >= 0.6 is 0 Å². The Kier molecular flexibility index (Phi) is 3.80. The summed E-state index contributed by atoms with van der Waals surface area (Å²) in [6, 6.07) is 0.582. The van der Waals surface area contributed by atoms with Crippen molar-refractivity contribution in [3.63, 3.8) is 0 Å². The Morgan fingerprint density at radius 3 is 2.42 bits per heavy atom. The van der Waals surface area contributed by atoms with Crippen LogP contribution < -0.4 is 4.90 Å². The first-order valence-corrected chi connectivity index (χ1v) is 6.60. The highest BCUT2D eigenvalue weighted by molar-refractivity contribution is 5.94. The molecule has 1 aliphatic rings. The third-order valence-corrected chi connectivity index (χ3v) is 3.90. The zero-order valence-electron chi connectivity index (χ0n) is 12.1. The molecule has 0 unspecified atom stereocenters. The number of piperidine rings is 1. The molecule has 1 N–H and O–H groups in total. The maximum atomic E-state index is 11.4. The summed E-state index contributed by atoms with van der Waals surface area (Å²) in [7, 11) is 6.00. The van der Waals surface area contributed by atoms with Crippen LogP contribution in [0, 0.1) is 6.92 Å². The van der Waals surface area contributed by atoms with Gasteiger partial charge in [0.05, 0.1) is 5.69 Å².